The molecule has 16 heavy (non-hydrogen) atoms. The second kappa shape index (κ2) is 4.30. The van der Waals surface area contributed by atoms with Crippen LogP contribution in [-0.2, 0) is 0 Å². The standard InChI is InChI=1S/C14H26N2/c15-10-14(7-1-2-8-14)16-9-13(11-3-4-11)12-5-6-12/h11-13,16H,1-10,15H2. The smallest absolute Gasteiger partial charge is 0.0304 e. The number of hydrogen-bond donors (Lipinski definition) is 2. The Morgan fingerprint density at radius 2 is 1.62 bits per heavy atom. The van der Waals surface area contributed by atoms with Gasteiger partial charge in [-0.1, -0.05) is 12.8 Å². The average Bonchev–Trinajstić information content (AvgIpc) is 3.21. The maximum atomic E-state index is 5.98. The van der Waals surface area contributed by atoms with Crippen molar-refractivity contribution in [1.29, 1.82) is 0 Å². The fourth-order valence-corrected chi connectivity index (χ4v) is 3.61. The molecule has 3 saturated carbocycles. The van der Waals surface area contributed by atoms with Gasteiger partial charge in [0.05, 0.1) is 0 Å². The minimum atomic E-state index is 0.321. The van der Waals surface area contributed by atoms with E-state index in [1.54, 1.807) is 0 Å². The average molecular weight is 222 g/mol. The summed E-state index contributed by atoms with van der Waals surface area (Å²) < 4.78 is 0. The van der Waals surface area contributed by atoms with Gasteiger partial charge >= 0.3 is 0 Å². The molecule has 0 spiro atoms. The van der Waals surface area contributed by atoms with Crippen LogP contribution < -0.4 is 11.1 Å². The summed E-state index contributed by atoms with van der Waals surface area (Å²) in [4.78, 5) is 0. The predicted molar refractivity (Wildman–Crippen MR) is 67.2 cm³/mol. The van der Waals surface area contributed by atoms with Crippen molar-refractivity contribution in [3.63, 3.8) is 0 Å². The Bertz CT molecular complexity index is 225. The van der Waals surface area contributed by atoms with Crippen LogP contribution in [0, 0.1) is 17.8 Å². The van der Waals surface area contributed by atoms with Gasteiger partial charge in [-0.2, -0.15) is 0 Å². The number of nitrogens with two attached hydrogens (primary N) is 1. The van der Waals surface area contributed by atoms with E-state index in [1.165, 1.54) is 57.9 Å². The van der Waals surface area contributed by atoms with E-state index in [9.17, 15) is 0 Å². The Morgan fingerprint density at radius 3 is 2.06 bits per heavy atom. The zero-order valence-electron chi connectivity index (χ0n) is 10.4. The predicted octanol–water partition coefficient (Wildman–Crippen LogP) is 2.28. The molecule has 3 aliphatic rings. The summed E-state index contributed by atoms with van der Waals surface area (Å²) in [7, 11) is 0. The maximum absolute atomic E-state index is 5.98. The molecule has 92 valence electrons. The maximum Gasteiger partial charge on any atom is 0.0304 e. The van der Waals surface area contributed by atoms with Crippen molar-refractivity contribution in [2.24, 2.45) is 23.5 Å². The molecule has 0 unspecified atom stereocenters. The minimum Gasteiger partial charge on any atom is -0.329 e. The van der Waals surface area contributed by atoms with Crippen molar-refractivity contribution >= 4 is 0 Å². The Kier molecular flexibility index (Phi) is 2.97. The molecule has 0 aliphatic heterocycles. The van der Waals surface area contributed by atoms with E-state index in [2.05, 4.69) is 5.32 Å². The van der Waals surface area contributed by atoms with E-state index in [0.717, 1.165) is 24.3 Å². The van der Waals surface area contributed by atoms with Crippen molar-refractivity contribution in [1.82, 2.24) is 5.32 Å². The highest BCUT2D eigenvalue weighted by atomic mass is 15.0. The quantitative estimate of drug-likeness (QED) is 0.723. The van der Waals surface area contributed by atoms with Crippen LogP contribution in [0.1, 0.15) is 51.4 Å². The first-order chi connectivity index (χ1) is 7.83. The lowest BCUT2D eigenvalue weighted by atomic mass is 9.93. The minimum absolute atomic E-state index is 0.321. The van der Waals surface area contributed by atoms with Gasteiger partial charge in [0.1, 0.15) is 0 Å². The monoisotopic (exact) mass is 222 g/mol. The van der Waals surface area contributed by atoms with E-state index in [1.807, 2.05) is 0 Å². The van der Waals surface area contributed by atoms with Gasteiger partial charge in [0.15, 0.2) is 0 Å². The summed E-state index contributed by atoms with van der Waals surface area (Å²) in [5, 5.41) is 3.86. The van der Waals surface area contributed by atoms with Crippen molar-refractivity contribution < 1.29 is 0 Å². The molecular formula is C14H26N2. The van der Waals surface area contributed by atoms with Gasteiger partial charge in [0.2, 0.25) is 0 Å². The van der Waals surface area contributed by atoms with Gasteiger partial charge in [-0.3, -0.25) is 0 Å². The summed E-state index contributed by atoms with van der Waals surface area (Å²) in [6, 6.07) is 0. The normalized spacial score (nSPS) is 28.9. The summed E-state index contributed by atoms with van der Waals surface area (Å²) in [5.74, 6) is 3.12. The van der Waals surface area contributed by atoms with E-state index in [4.69, 9.17) is 5.73 Å². The lowest BCUT2D eigenvalue weighted by Crippen LogP contribution is -2.50. The van der Waals surface area contributed by atoms with Crippen LogP contribution in [0.15, 0.2) is 0 Å². The number of nitrogens with one attached hydrogen (secondary N) is 1. The first-order valence-corrected chi connectivity index (χ1v) is 7.28. The fraction of sp³-hybridized carbons (Fsp3) is 1.00. The molecule has 2 heteroatoms. The Morgan fingerprint density at radius 1 is 1.06 bits per heavy atom. The van der Waals surface area contributed by atoms with Gasteiger partial charge in [0, 0.05) is 12.1 Å². The topological polar surface area (TPSA) is 38.0 Å². The van der Waals surface area contributed by atoms with Crippen LogP contribution in [0.4, 0.5) is 0 Å². The van der Waals surface area contributed by atoms with Crippen LogP contribution in [0.5, 0.6) is 0 Å². The third kappa shape index (κ3) is 2.28. The van der Waals surface area contributed by atoms with Gasteiger partial charge in [0.25, 0.3) is 0 Å². The SMILES string of the molecule is NCC1(NCC(C2CC2)C2CC2)CCCC1. The van der Waals surface area contributed by atoms with Crippen LogP contribution in [0.2, 0.25) is 0 Å². The van der Waals surface area contributed by atoms with Crippen molar-refractivity contribution in [3.05, 3.63) is 0 Å². The molecule has 0 atom stereocenters. The Hall–Kier alpha value is -0.0800. The zero-order chi connectivity index (χ0) is 11.0. The van der Waals surface area contributed by atoms with Gasteiger partial charge < -0.3 is 11.1 Å². The molecule has 0 amide bonds. The highest BCUT2D eigenvalue weighted by Gasteiger charge is 2.42. The van der Waals surface area contributed by atoms with Crippen LogP contribution >= 0.6 is 0 Å². The Balaban J connectivity index is 1.53. The zero-order valence-corrected chi connectivity index (χ0v) is 10.4. The van der Waals surface area contributed by atoms with Crippen molar-refractivity contribution in [2.75, 3.05) is 13.1 Å². The molecule has 0 bridgehead atoms. The Labute approximate surface area is 99.4 Å². The molecule has 3 aliphatic carbocycles. The third-order valence-corrected chi connectivity index (χ3v) is 5.12. The molecule has 0 aromatic rings. The lowest BCUT2D eigenvalue weighted by Gasteiger charge is -2.31. The molecule has 0 radical (unpaired) electrons. The fourth-order valence-electron chi connectivity index (χ4n) is 3.61. The van der Waals surface area contributed by atoms with Crippen LogP contribution in [0.3, 0.4) is 0 Å². The molecule has 0 aromatic heterocycles. The van der Waals surface area contributed by atoms with Crippen LogP contribution in [0.25, 0.3) is 0 Å². The van der Waals surface area contributed by atoms with Gasteiger partial charge in [-0.25, -0.2) is 0 Å². The molecule has 2 nitrogen and oxygen atoms in total. The number of rotatable bonds is 6. The number of hydrogen-bond acceptors (Lipinski definition) is 2. The molecule has 3 N–H and O–H groups in total. The first-order valence-electron chi connectivity index (χ1n) is 7.28. The third-order valence-electron chi connectivity index (χ3n) is 5.12. The highest BCUT2D eigenvalue weighted by Crippen LogP contribution is 2.49. The van der Waals surface area contributed by atoms with E-state index >= 15 is 0 Å². The lowest BCUT2D eigenvalue weighted by molar-refractivity contribution is 0.282. The summed E-state index contributed by atoms with van der Waals surface area (Å²) in [6.45, 7) is 2.10. The summed E-state index contributed by atoms with van der Waals surface area (Å²) in [6.07, 6.45) is 11.4. The molecule has 0 heterocycles. The van der Waals surface area contributed by atoms with Gasteiger partial charge in [-0.05, 0) is 62.8 Å². The molecule has 3 rings (SSSR count). The summed E-state index contributed by atoms with van der Waals surface area (Å²) in [5.41, 5.74) is 6.30. The van der Waals surface area contributed by atoms with Gasteiger partial charge in [-0.15, -0.1) is 0 Å². The van der Waals surface area contributed by atoms with Crippen LogP contribution in [-0.4, -0.2) is 18.6 Å². The molecule has 0 aromatic carbocycles. The summed E-state index contributed by atoms with van der Waals surface area (Å²) >= 11 is 0. The molecule has 3 fully saturated rings. The van der Waals surface area contributed by atoms with E-state index in [-0.39, 0.29) is 0 Å². The van der Waals surface area contributed by atoms with E-state index < -0.39 is 0 Å². The second-order valence-corrected chi connectivity index (χ2v) is 6.41. The second-order valence-electron chi connectivity index (χ2n) is 6.41. The molecule has 0 saturated heterocycles. The molecular weight excluding hydrogens is 196 g/mol. The van der Waals surface area contributed by atoms with Crippen molar-refractivity contribution in [3.8, 4) is 0 Å². The van der Waals surface area contributed by atoms with E-state index in [0.29, 0.717) is 5.54 Å². The first kappa shape index (κ1) is 11.0. The highest BCUT2D eigenvalue weighted by molar-refractivity contribution is 4.98. The van der Waals surface area contributed by atoms with Crippen molar-refractivity contribution in [2.45, 2.75) is 56.9 Å². The largest absolute Gasteiger partial charge is 0.329 e.